The van der Waals surface area contributed by atoms with Crippen molar-refractivity contribution in [1.29, 1.82) is 0 Å². The van der Waals surface area contributed by atoms with Gasteiger partial charge in [0.15, 0.2) is 0 Å². The molecule has 0 heterocycles. The molecular weight excluding hydrogens is 182 g/mol. The maximum absolute atomic E-state index is 5.83. The summed E-state index contributed by atoms with van der Waals surface area (Å²) in [5, 5.41) is 0. The third-order valence-corrected chi connectivity index (χ3v) is 3.37. The first kappa shape index (κ1) is 12.3. The molecule has 0 saturated heterocycles. The topological polar surface area (TPSA) is 26.0 Å². The Hall–Kier alpha value is -0.820. The van der Waals surface area contributed by atoms with Crippen molar-refractivity contribution >= 4 is 0 Å². The molecule has 2 atom stereocenters. The van der Waals surface area contributed by atoms with E-state index in [2.05, 4.69) is 45.0 Å². The van der Waals surface area contributed by atoms with Gasteiger partial charge in [-0.1, -0.05) is 50.1 Å². The van der Waals surface area contributed by atoms with Gasteiger partial charge in [-0.3, -0.25) is 0 Å². The Bertz CT molecular complexity index is 276. The molecule has 1 heteroatoms. The van der Waals surface area contributed by atoms with Crippen molar-refractivity contribution in [3.63, 3.8) is 0 Å². The highest BCUT2D eigenvalue weighted by Gasteiger charge is 2.14. The molecule has 0 aliphatic heterocycles. The minimum absolute atomic E-state index is 0.623. The molecule has 15 heavy (non-hydrogen) atoms. The predicted molar refractivity (Wildman–Crippen MR) is 66.9 cm³/mol. The molecule has 1 rings (SSSR count). The van der Waals surface area contributed by atoms with Crippen molar-refractivity contribution in [3.05, 3.63) is 35.4 Å². The van der Waals surface area contributed by atoms with Crippen LogP contribution in [0.25, 0.3) is 0 Å². The summed E-state index contributed by atoms with van der Waals surface area (Å²) in [7, 11) is 0. The summed E-state index contributed by atoms with van der Waals surface area (Å²) in [5.41, 5.74) is 8.57. The van der Waals surface area contributed by atoms with Crippen LogP contribution in [0.3, 0.4) is 0 Å². The summed E-state index contributed by atoms with van der Waals surface area (Å²) < 4.78 is 0. The lowest BCUT2D eigenvalue weighted by atomic mass is 9.86. The zero-order valence-corrected chi connectivity index (χ0v) is 10.2. The van der Waals surface area contributed by atoms with Crippen LogP contribution in [0.4, 0.5) is 0 Å². The van der Waals surface area contributed by atoms with Gasteiger partial charge in [0.25, 0.3) is 0 Å². The van der Waals surface area contributed by atoms with E-state index < -0.39 is 0 Å². The summed E-state index contributed by atoms with van der Waals surface area (Å²) in [6.45, 7) is 7.45. The third-order valence-electron chi connectivity index (χ3n) is 3.37. The van der Waals surface area contributed by atoms with Crippen LogP contribution in [0.1, 0.15) is 31.4 Å². The Balaban J connectivity index is 2.62. The average molecular weight is 205 g/mol. The fraction of sp³-hybridized carbons (Fsp3) is 0.571. The molecule has 84 valence electrons. The lowest BCUT2D eigenvalue weighted by Crippen LogP contribution is -2.23. The lowest BCUT2D eigenvalue weighted by Gasteiger charge is -2.21. The smallest absolute Gasteiger partial charge is 0.00431 e. The number of hydrogen-bond acceptors (Lipinski definition) is 1. The van der Waals surface area contributed by atoms with Crippen LogP contribution in [-0.4, -0.2) is 6.54 Å². The molecule has 0 bridgehead atoms. The van der Waals surface area contributed by atoms with Gasteiger partial charge in [-0.2, -0.15) is 0 Å². The molecule has 1 aromatic rings. The fourth-order valence-electron chi connectivity index (χ4n) is 1.88. The van der Waals surface area contributed by atoms with Crippen molar-refractivity contribution in [2.45, 2.75) is 33.6 Å². The zero-order chi connectivity index (χ0) is 11.3. The van der Waals surface area contributed by atoms with Gasteiger partial charge >= 0.3 is 0 Å². The molecule has 0 saturated carbocycles. The summed E-state index contributed by atoms with van der Waals surface area (Å²) in [5.74, 6) is 1.34. The van der Waals surface area contributed by atoms with Crippen LogP contribution >= 0.6 is 0 Å². The van der Waals surface area contributed by atoms with Crippen molar-refractivity contribution < 1.29 is 0 Å². The molecule has 0 fully saturated rings. The van der Waals surface area contributed by atoms with Crippen LogP contribution in [-0.2, 0) is 6.42 Å². The highest BCUT2D eigenvalue weighted by Crippen LogP contribution is 2.19. The Morgan fingerprint density at radius 1 is 1.20 bits per heavy atom. The van der Waals surface area contributed by atoms with E-state index in [0.29, 0.717) is 5.92 Å². The number of benzene rings is 1. The second-order valence-electron chi connectivity index (χ2n) is 4.57. The van der Waals surface area contributed by atoms with E-state index in [0.717, 1.165) is 18.9 Å². The highest BCUT2D eigenvalue weighted by atomic mass is 14.6. The van der Waals surface area contributed by atoms with E-state index in [1.165, 1.54) is 17.5 Å². The summed E-state index contributed by atoms with van der Waals surface area (Å²) >= 11 is 0. The van der Waals surface area contributed by atoms with Crippen LogP contribution in [0.5, 0.6) is 0 Å². The standard InChI is InChI=1S/C14H23N/c1-4-12(3)14(10-15)9-13-7-5-11(2)6-8-13/h5-8,12,14H,4,9-10,15H2,1-3H3. The molecule has 0 radical (unpaired) electrons. The average Bonchev–Trinajstić information content (AvgIpc) is 2.27. The van der Waals surface area contributed by atoms with Gasteiger partial charge in [-0.05, 0) is 37.3 Å². The van der Waals surface area contributed by atoms with Gasteiger partial charge in [0.05, 0.1) is 0 Å². The predicted octanol–water partition coefficient (Wildman–Crippen LogP) is 3.16. The van der Waals surface area contributed by atoms with E-state index >= 15 is 0 Å². The molecule has 2 unspecified atom stereocenters. The Morgan fingerprint density at radius 3 is 2.27 bits per heavy atom. The summed E-state index contributed by atoms with van der Waals surface area (Å²) in [6.07, 6.45) is 2.33. The van der Waals surface area contributed by atoms with E-state index in [-0.39, 0.29) is 0 Å². The monoisotopic (exact) mass is 205 g/mol. The molecule has 2 N–H and O–H groups in total. The van der Waals surface area contributed by atoms with Gasteiger partial charge in [0.2, 0.25) is 0 Å². The molecule has 1 aromatic carbocycles. The van der Waals surface area contributed by atoms with Gasteiger partial charge in [0, 0.05) is 0 Å². The van der Waals surface area contributed by atoms with Gasteiger partial charge < -0.3 is 5.73 Å². The zero-order valence-electron chi connectivity index (χ0n) is 10.2. The Labute approximate surface area is 93.7 Å². The van der Waals surface area contributed by atoms with Crippen molar-refractivity contribution in [2.24, 2.45) is 17.6 Å². The largest absolute Gasteiger partial charge is 0.330 e. The first-order valence-corrected chi connectivity index (χ1v) is 5.93. The number of aryl methyl sites for hydroxylation is 1. The second-order valence-corrected chi connectivity index (χ2v) is 4.57. The van der Waals surface area contributed by atoms with E-state index in [4.69, 9.17) is 5.73 Å². The van der Waals surface area contributed by atoms with E-state index in [1.807, 2.05) is 0 Å². The summed E-state index contributed by atoms with van der Waals surface area (Å²) in [4.78, 5) is 0. The first-order chi connectivity index (χ1) is 7.17. The van der Waals surface area contributed by atoms with Crippen LogP contribution in [0.15, 0.2) is 24.3 Å². The normalized spacial score (nSPS) is 14.9. The van der Waals surface area contributed by atoms with Gasteiger partial charge in [0.1, 0.15) is 0 Å². The minimum Gasteiger partial charge on any atom is -0.330 e. The molecule has 0 aromatic heterocycles. The molecule has 0 spiro atoms. The first-order valence-electron chi connectivity index (χ1n) is 5.93. The fourth-order valence-corrected chi connectivity index (χ4v) is 1.88. The molecule has 0 amide bonds. The van der Waals surface area contributed by atoms with Crippen molar-refractivity contribution in [3.8, 4) is 0 Å². The van der Waals surface area contributed by atoms with E-state index in [9.17, 15) is 0 Å². The maximum Gasteiger partial charge on any atom is -0.00431 e. The third kappa shape index (κ3) is 3.67. The molecule has 0 aliphatic rings. The number of hydrogen-bond donors (Lipinski definition) is 1. The Morgan fingerprint density at radius 2 is 1.80 bits per heavy atom. The van der Waals surface area contributed by atoms with Gasteiger partial charge in [-0.25, -0.2) is 0 Å². The van der Waals surface area contributed by atoms with E-state index in [1.54, 1.807) is 0 Å². The lowest BCUT2D eigenvalue weighted by molar-refractivity contribution is 0.354. The number of nitrogens with two attached hydrogens (primary N) is 1. The minimum atomic E-state index is 0.623. The summed E-state index contributed by atoms with van der Waals surface area (Å²) in [6, 6.07) is 8.81. The van der Waals surface area contributed by atoms with Crippen LogP contribution in [0, 0.1) is 18.8 Å². The van der Waals surface area contributed by atoms with Crippen molar-refractivity contribution in [1.82, 2.24) is 0 Å². The Kier molecular flexibility index (Phi) is 4.83. The van der Waals surface area contributed by atoms with Gasteiger partial charge in [-0.15, -0.1) is 0 Å². The SMILES string of the molecule is CCC(C)C(CN)Cc1ccc(C)cc1. The molecule has 0 aliphatic carbocycles. The van der Waals surface area contributed by atoms with Crippen LogP contribution < -0.4 is 5.73 Å². The maximum atomic E-state index is 5.83. The molecule has 1 nitrogen and oxygen atoms in total. The highest BCUT2D eigenvalue weighted by molar-refractivity contribution is 5.21. The molecular formula is C14H23N. The van der Waals surface area contributed by atoms with Crippen LogP contribution in [0.2, 0.25) is 0 Å². The van der Waals surface area contributed by atoms with Crippen molar-refractivity contribution in [2.75, 3.05) is 6.54 Å². The quantitative estimate of drug-likeness (QED) is 0.785. The second kappa shape index (κ2) is 5.92. The number of rotatable bonds is 5.